The molecule has 0 fully saturated rings. The minimum atomic E-state index is -3.59. The maximum Gasteiger partial charge on any atom is 0.530 e. The summed E-state index contributed by atoms with van der Waals surface area (Å²) in [5, 5.41) is 0. The molecule has 0 heterocycles. The largest absolute Gasteiger partial charge is 0.530 e. The molecule has 1 aromatic rings. The molecule has 0 saturated heterocycles. The normalized spacial score (nSPS) is 11.6. The molecule has 0 amide bonds. The van der Waals surface area contributed by atoms with Gasteiger partial charge in [-0.3, -0.25) is 9.05 Å². The molecule has 0 N–H and O–H groups in total. The van der Waals surface area contributed by atoms with Gasteiger partial charge >= 0.3 is 7.82 Å². The van der Waals surface area contributed by atoms with Crippen LogP contribution < -0.4 is 4.52 Å². The zero-order chi connectivity index (χ0) is 13.8. The molecular weight excluding hydrogens is 455 g/mol. The molecule has 0 saturated carbocycles. The molecule has 0 aromatic heterocycles. The van der Waals surface area contributed by atoms with Crippen LogP contribution in [-0.2, 0) is 13.6 Å². The van der Waals surface area contributed by atoms with E-state index in [-0.39, 0.29) is 13.2 Å². The molecule has 0 spiro atoms. The Labute approximate surface area is 131 Å². The molecule has 8 heteroatoms. The van der Waals surface area contributed by atoms with Gasteiger partial charge in [-0.25, -0.2) is 4.57 Å². The van der Waals surface area contributed by atoms with E-state index in [9.17, 15) is 4.57 Å². The Morgan fingerprint density at radius 1 is 1.06 bits per heavy atom. The fraction of sp³-hybridized carbons (Fsp3) is 0.400. The zero-order valence-corrected chi connectivity index (χ0v) is 15.4. The lowest BCUT2D eigenvalue weighted by molar-refractivity contribution is 0.167. The first-order valence-corrected chi connectivity index (χ1v) is 8.99. The fourth-order valence-corrected chi connectivity index (χ4v) is 5.04. The zero-order valence-electron chi connectivity index (χ0n) is 9.78. The maximum absolute atomic E-state index is 12.3. The van der Waals surface area contributed by atoms with Crippen molar-refractivity contribution >= 4 is 55.6 Å². The van der Waals surface area contributed by atoms with Crippen molar-refractivity contribution in [3.05, 3.63) is 25.6 Å². The van der Waals surface area contributed by atoms with Crippen LogP contribution in [0.1, 0.15) is 13.8 Å². The Bertz CT molecular complexity index is 433. The van der Waals surface area contributed by atoms with Gasteiger partial charge < -0.3 is 4.52 Å². The summed E-state index contributed by atoms with van der Waals surface area (Å²) in [6.45, 7) is 3.92. The average Bonchev–Trinajstić information content (AvgIpc) is 2.24. The van der Waals surface area contributed by atoms with Gasteiger partial charge in [0.25, 0.3) is 0 Å². The van der Waals surface area contributed by atoms with Crippen molar-refractivity contribution in [2.75, 3.05) is 13.2 Å². The summed E-state index contributed by atoms with van der Waals surface area (Å²) in [5.74, 6) is 0.378. The number of halogens is 3. The number of hydrogen-bond donors (Lipinski definition) is 0. The topological polar surface area (TPSA) is 44.8 Å². The van der Waals surface area contributed by atoms with E-state index in [2.05, 4.69) is 47.8 Å². The second kappa shape index (κ2) is 7.41. The Hall–Kier alpha value is 0.610. The van der Waals surface area contributed by atoms with Crippen LogP contribution in [0.4, 0.5) is 0 Å². The lowest BCUT2D eigenvalue weighted by Gasteiger charge is -2.18. The highest BCUT2D eigenvalue weighted by atomic mass is 79.9. The Morgan fingerprint density at radius 2 is 1.50 bits per heavy atom. The van der Waals surface area contributed by atoms with E-state index >= 15 is 0 Å². The van der Waals surface area contributed by atoms with Crippen molar-refractivity contribution in [1.29, 1.82) is 0 Å². The Morgan fingerprint density at radius 3 is 1.89 bits per heavy atom. The second-order valence-corrected chi connectivity index (χ2v) is 7.29. The first kappa shape index (κ1) is 16.7. The quantitative estimate of drug-likeness (QED) is 0.517. The molecule has 0 aliphatic heterocycles. The van der Waals surface area contributed by atoms with Crippen molar-refractivity contribution in [3.63, 3.8) is 0 Å². The third-order valence-corrected chi connectivity index (χ3v) is 4.93. The summed E-state index contributed by atoms with van der Waals surface area (Å²) >= 11 is 10.0. The number of benzene rings is 1. The van der Waals surface area contributed by atoms with Crippen LogP contribution in [0.15, 0.2) is 25.6 Å². The smallest absolute Gasteiger partial charge is 0.402 e. The van der Waals surface area contributed by atoms with Gasteiger partial charge in [-0.05, 0) is 57.8 Å². The predicted molar refractivity (Wildman–Crippen MR) is 81.0 cm³/mol. The highest BCUT2D eigenvalue weighted by Crippen LogP contribution is 2.52. The van der Waals surface area contributed by atoms with Gasteiger partial charge in [-0.1, -0.05) is 15.9 Å². The second-order valence-electron chi connectivity index (χ2n) is 3.07. The number of phosphoric acid groups is 1. The summed E-state index contributed by atoms with van der Waals surface area (Å²) in [6, 6.07) is 3.56. The molecule has 0 unspecified atom stereocenters. The molecular formula is C10H12Br3O4P. The Balaban J connectivity index is 3.04. The van der Waals surface area contributed by atoms with Gasteiger partial charge in [-0.15, -0.1) is 0 Å². The molecule has 1 rings (SSSR count). The highest BCUT2D eigenvalue weighted by molar-refractivity contribution is 9.11. The molecule has 0 aliphatic carbocycles. The van der Waals surface area contributed by atoms with Crippen LogP contribution in [-0.4, -0.2) is 13.2 Å². The average molecular weight is 467 g/mol. The van der Waals surface area contributed by atoms with E-state index in [0.29, 0.717) is 14.7 Å². The molecule has 102 valence electrons. The van der Waals surface area contributed by atoms with Gasteiger partial charge in [0.05, 0.1) is 22.2 Å². The minimum Gasteiger partial charge on any atom is -0.402 e. The summed E-state index contributed by atoms with van der Waals surface area (Å²) in [6.07, 6.45) is 0. The van der Waals surface area contributed by atoms with Crippen molar-refractivity contribution in [2.45, 2.75) is 13.8 Å². The number of hydrogen-bond acceptors (Lipinski definition) is 4. The van der Waals surface area contributed by atoms with Crippen molar-refractivity contribution in [2.24, 2.45) is 0 Å². The molecule has 0 bridgehead atoms. The summed E-state index contributed by atoms with van der Waals surface area (Å²) < 4.78 is 29.9. The summed E-state index contributed by atoms with van der Waals surface area (Å²) in [7, 11) is -3.59. The lowest BCUT2D eigenvalue weighted by Crippen LogP contribution is -2.03. The highest BCUT2D eigenvalue weighted by Gasteiger charge is 2.29. The minimum absolute atomic E-state index is 0.239. The van der Waals surface area contributed by atoms with Crippen LogP contribution >= 0.6 is 55.6 Å². The van der Waals surface area contributed by atoms with Crippen LogP contribution in [0, 0.1) is 0 Å². The molecule has 4 nitrogen and oxygen atoms in total. The number of rotatable bonds is 6. The maximum atomic E-state index is 12.3. The van der Waals surface area contributed by atoms with E-state index in [0.717, 1.165) is 4.47 Å². The van der Waals surface area contributed by atoms with Crippen molar-refractivity contribution in [3.8, 4) is 5.75 Å². The van der Waals surface area contributed by atoms with E-state index in [4.69, 9.17) is 13.6 Å². The third kappa shape index (κ3) is 4.62. The van der Waals surface area contributed by atoms with E-state index in [1.165, 1.54) is 0 Å². The van der Waals surface area contributed by atoms with Crippen molar-refractivity contribution < 1.29 is 18.1 Å². The standard InChI is InChI=1S/C10H12Br3O4P/c1-3-15-18(14,16-4-2)17-10-8(12)5-7(11)6-9(10)13/h5-6H,3-4H2,1-2H3. The predicted octanol–water partition coefficient (Wildman–Crippen LogP) is 5.53. The van der Waals surface area contributed by atoms with Gasteiger partial charge in [0.15, 0.2) is 5.75 Å². The summed E-state index contributed by atoms with van der Waals surface area (Å²) in [5.41, 5.74) is 0. The summed E-state index contributed by atoms with van der Waals surface area (Å²) in [4.78, 5) is 0. The fourth-order valence-electron chi connectivity index (χ4n) is 1.13. The van der Waals surface area contributed by atoms with Crippen LogP contribution in [0.3, 0.4) is 0 Å². The van der Waals surface area contributed by atoms with E-state index in [1.807, 2.05) is 0 Å². The monoisotopic (exact) mass is 464 g/mol. The van der Waals surface area contributed by atoms with Crippen molar-refractivity contribution in [1.82, 2.24) is 0 Å². The van der Waals surface area contributed by atoms with E-state index in [1.54, 1.807) is 26.0 Å². The molecule has 1 aromatic carbocycles. The third-order valence-electron chi connectivity index (χ3n) is 1.74. The van der Waals surface area contributed by atoms with Gasteiger partial charge in [0.2, 0.25) is 0 Å². The van der Waals surface area contributed by atoms with Crippen LogP contribution in [0.2, 0.25) is 0 Å². The SMILES string of the molecule is CCOP(=O)(OCC)Oc1c(Br)cc(Br)cc1Br. The first-order chi connectivity index (χ1) is 8.41. The first-order valence-electron chi connectivity index (χ1n) is 5.15. The van der Waals surface area contributed by atoms with Gasteiger partial charge in [0.1, 0.15) is 0 Å². The Kier molecular flexibility index (Phi) is 6.86. The molecule has 0 radical (unpaired) electrons. The molecule has 0 atom stereocenters. The number of phosphoric ester groups is 1. The van der Waals surface area contributed by atoms with E-state index < -0.39 is 7.82 Å². The van der Waals surface area contributed by atoms with Gasteiger partial charge in [-0.2, -0.15) is 0 Å². The molecule has 18 heavy (non-hydrogen) atoms. The van der Waals surface area contributed by atoms with Gasteiger partial charge in [0, 0.05) is 4.47 Å². The lowest BCUT2D eigenvalue weighted by atomic mass is 10.3. The molecule has 0 aliphatic rings. The van der Waals surface area contributed by atoms with Crippen LogP contribution in [0.25, 0.3) is 0 Å². The van der Waals surface area contributed by atoms with Crippen LogP contribution in [0.5, 0.6) is 5.75 Å².